The van der Waals surface area contributed by atoms with Crippen LogP contribution in [0.4, 0.5) is 0 Å². The topological polar surface area (TPSA) is 111 Å². The van der Waals surface area contributed by atoms with Gasteiger partial charge >= 0.3 is 11.9 Å². The summed E-state index contributed by atoms with van der Waals surface area (Å²) >= 11 is 5.90. The standard InChI is InChI=1S/C18H17ClN2O6/c19-11-4-2-1-3-9(11)16(23)21-20-13(22)7-26-17(24)14-8-5-10-12(6-8)27-18(25)15(10)14/h1-4,8,10,12,14-15H,5-7H2,(H,20,22)(H,21,23)/t8-,10+,12-,14-,15+/m1/s1. The fourth-order valence-corrected chi connectivity index (χ4v) is 4.65. The van der Waals surface area contributed by atoms with Gasteiger partial charge in [-0.05, 0) is 30.9 Å². The van der Waals surface area contributed by atoms with Gasteiger partial charge in [0.15, 0.2) is 6.61 Å². The highest BCUT2D eigenvalue weighted by Gasteiger charge is 2.64. The molecule has 1 aromatic rings. The molecule has 1 aliphatic heterocycles. The lowest BCUT2D eigenvalue weighted by Crippen LogP contribution is -2.44. The molecule has 8 nitrogen and oxygen atoms in total. The van der Waals surface area contributed by atoms with E-state index in [1.807, 2.05) is 0 Å². The number of ether oxygens (including phenoxy) is 2. The zero-order chi connectivity index (χ0) is 19.1. The maximum atomic E-state index is 12.4. The van der Waals surface area contributed by atoms with E-state index in [4.69, 9.17) is 21.1 Å². The van der Waals surface area contributed by atoms with Crippen LogP contribution in [0.5, 0.6) is 0 Å². The Morgan fingerprint density at radius 1 is 1.19 bits per heavy atom. The second kappa shape index (κ2) is 6.84. The Morgan fingerprint density at radius 2 is 1.96 bits per heavy atom. The van der Waals surface area contributed by atoms with Gasteiger partial charge in [-0.2, -0.15) is 0 Å². The first-order valence-corrected chi connectivity index (χ1v) is 9.04. The SMILES string of the molecule is O=C(COC(=O)[C@@H]1[C@@H]2C[C@@H]3[C@@H]1C(=O)O[C@@H]3C2)NNC(=O)c1ccccc1Cl. The summed E-state index contributed by atoms with van der Waals surface area (Å²) in [5.41, 5.74) is 4.57. The van der Waals surface area contributed by atoms with Crippen molar-refractivity contribution in [2.75, 3.05) is 6.61 Å². The third kappa shape index (κ3) is 3.14. The number of benzene rings is 1. The molecule has 1 saturated heterocycles. The number of amides is 2. The minimum Gasteiger partial charge on any atom is -0.462 e. The molecule has 2 N–H and O–H groups in total. The maximum Gasteiger partial charge on any atom is 0.310 e. The van der Waals surface area contributed by atoms with Crippen molar-refractivity contribution in [1.29, 1.82) is 0 Å². The second-order valence-electron chi connectivity index (χ2n) is 7.01. The minimum absolute atomic E-state index is 0.0620. The summed E-state index contributed by atoms with van der Waals surface area (Å²) in [4.78, 5) is 48.1. The predicted molar refractivity (Wildman–Crippen MR) is 91.1 cm³/mol. The van der Waals surface area contributed by atoms with Gasteiger partial charge < -0.3 is 9.47 Å². The first-order valence-electron chi connectivity index (χ1n) is 8.66. The fraction of sp³-hybridized carbons (Fsp3) is 0.444. The summed E-state index contributed by atoms with van der Waals surface area (Å²) in [5.74, 6) is -3.06. The van der Waals surface area contributed by atoms with Crippen molar-refractivity contribution < 1.29 is 28.7 Å². The summed E-state index contributed by atoms with van der Waals surface area (Å²) in [6.07, 6.45) is 1.38. The number of esters is 2. The molecule has 0 spiro atoms. The van der Waals surface area contributed by atoms with Crippen LogP contribution >= 0.6 is 11.6 Å². The van der Waals surface area contributed by atoms with Crippen molar-refractivity contribution in [3.63, 3.8) is 0 Å². The number of hydrogen-bond acceptors (Lipinski definition) is 6. The minimum atomic E-state index is -0.696. The number of rotatable bonds is 4. The molecule has 1 heterocycles. The van der Waals surface area contributed by atoms with E-state index in [9.17, 15) is 19.2 Å². The van der Waals surface area contributed by atoms with Crippen molar-refractivity contribution in [2.24, 2.45) is 23.7 Å². The number of hydrogen-bond donors (Lipinski definition) is 2. The predicted octanol–water partition coefficient (Wildman–Crippen LogP) is 0.842. The molecule has 0 radical (unpaired) electrons. The Labute approximate surface area is 159 Å². The number of carbonyl (C=O) groups is 4. The Hall–Kier alpha value is -2.61. The number of carbonyl (C=O) groups excluding carboxylic acids is 4. The van der Waals surface area contributed by atoms with E-state index in [1.54, 1.807) is 18.2 Å². The van der Waals surface area contributed by atoms with Crippen LogP contribution in [-0.2, 0) is 23.9 Å². The number of hydrazine groups is 1. The normalized spacial score (nSPS) is 30.0. The van der Waals surface area contributed by atoms with Gasteiger partial charge in [-0.1, -0.05) is 23.7 Å². The summed E-state index contributed by atoms with van der Waals surface area (Å²) < 4.78 is 10.3. The smallest absolute Gasteiger partial charge is 0.310 e. The first kappa shape index (κ1) is 17.8. The van der Waals surface area contributed by atoms with Gasteiger partial charge in [-0.3, -0.25) is 30.0 Å². The molecule has 2 bridgehead atoms. The van der Waals surface area contributed by atoms with Gasteiger partial charge in [0.1, 0.15) is 6.10 Å². The van der Waals surface area contributed by atoms with Gasteiger partial charge in [0, 0.05) is 5.92 Å². The van der Waals surface area contributed by atoms with Crippen molar-refractivity contribution in [2.45, 2.75) is 18.9 Å². The van der Waals surface area contributed by atoms with Gasteiger partial charge in [0.2, 0.25) is 0 Å². The number of halogens is 1. The maximum absolute atomic E-state index is 12.4. The van der Waals surface area contributed by atoms with Gasteiger partial charge in [-0.25, -0.2) is 0 Å². The first-order chi connectivity index (χ1) is 13.0. The molecular formula is C18H17ClN2O6. The molecule has 2 aliphatic carbocycles. The van der Waals surface area contributed by atoms with E-state index in [0.29, 0.717) is 6.42 Å². The zero-order valence-corrected chi connectivity index (χ0v) is 14.9. The van der Waals surface area contributed by atoms with E-state index in [2.05, 4.69) is 10.9 Å². The second-order valence-corrected chi connectivity index (χ2v) is 7.42. The van der Waals surface area contributed by atoms with Crippen LogP contribution in [0, 0.1) is 23.7 Å². The van der Waals surface area contributed by atoms with Crippen molar-refractivity contribution in [3.05, 3.63) is 34.9 Å². The summed E-state index contributed by atoms with van der Waals surface area (Å²) in [5, 5.41) is 0.244. The molecule has 5 atom stereocenters. The van der Waals surface area contributed by atoms with Crippen molar-refractivity contribution >= 4 is 35.4 Å². The quantitative estimate of drug-likeness (QED) is 0.580. The van der Waals surface area contributed by atoms with Crippen molar-refractivity contribution in [1.82, 2.24) is 10.9 Å². The molecule has 2 saturated carbocycles. The largest absolute Gasteiger partial charge is 0.462 e. The third-order valence-electron chi connectivity index (χ3n) is 5.53. The highest BCUT2D eigenvalue weighted by atomic mass is 35.5. The highest BCUT2D eigenvalue weighted by molar-refractivity contribution is 6.33. The molecular weight excluding hydrogens is 376 g/mol. The van der Waals surface area contributed by atoms with Crippen LogP contribution in [0.1, 0.15) is 23.2 Å². The monoisotopic (exact) mass is 392 g/mol. The van der Waals surface area contributed by atoms with Gasteiger partial charge in [0.25, 0.3) is 11.8 Å². The molecule has 27 heavy (non-hydrogen) atoms. The summed E-state index contributed by atoms with van der Waals surface area (Å²) in [7, 11) is 0. The molecule has 9 heteroatoms. The van der Waals surface area contributed by atoms with Crippen LogP contribution < -0.4 is 10.9 Å². The van der Waals surface area contributed by atoms with Crippen LogP contribution in [-0.4, -0.2) is 36.5 Å². The van der Waals surface area contributed by atoms with E-state index in [1.165, 1.54) is 6.07 Å². The Bertz CT molecular complexity index is 826. The molecule has 4 rings (SSSR count). The molecule has 0 unspecified atom stereocenters. The van der Waals surface area contributed by atoms with Crippen LogP contribution in [0.2, 0.25) is 5.02 Å². The molecule has 142 valence electrons. The molecule has 3 fully saturated rings. The van der Waals surface area contributed by atoms with Crippen LogP contribution in [0.3, 0.4) is 0 Å². The van der Waals surface area contributed by atoms with Crippen LogP contribution in [0.15, 0.2) is 24.3 Å². The Morgan fingerprint density at radius 3 is 2.74 bits per heavy atom. The average Bonchev–Trinajstić information content (AvgIpc) is 3.27. The molecule has 2 amide bonds. The number of fused-ring (bicyclic) bond motifs is 1. The van der Waals surface area contributed by atoms with E-state index in [-0.39, 0.29) is 34.5 Å². The lowest BCUT2D eigenvalue weighted by Gasteiger charge is -2.22. The lowest BCUT2D eigenvalue weighted by molar-refractivity contribution is -0.158. The molecule has 3 aliphatic rings. The average molecular weight is 393 g/mol. The van der Waals surface area contributed by atoms with E-state index < -0.39 is 36.2 Å². The number of nitrogens with one attached hydrogen (secondary N) is 2. The lowest BCUT2D eigenvalue weighted by atomic mass is 9.80. The Balaban J connectivity index is 1.26. The van der Waals surface area contributed by atoms with Crippen molar-refractivity contribution in [3.8, 4) is 0 Å². The van der Waals surface area contributed by atoms with E-state index in [0.717, 1.165) is 6.42 Å². The summed E-state index contributed by atoms with van der Waals surface area (Å²) in [6.45, 7) is -0.555. The molecule has 1 aromatic carbocycles. The molecule has 0 aromatic heterocycles. The van der Waals surface area contributed by atoms with Crippen LogP contribution in [0.25, 0.3) is 0 Å². The fourth-order valence-electron chi connectivity index (χ4n) is 4.43. The van der Waals surface area contributed by atoms with Gasteiger partial charge in [0.05, 0.1) is 22.4 Å². The zero-order valence-electron chi connectivity index (χ0n) is 14.1. The highest BCUT2D eigenvalue weighted by Crippen LogP contribution is 2.57. The third-order valence-corrected chi connectivity index (χ3v) is 5.86. The Kier molecular flexibility index (Phi) is 4.51. The summed E-state index contributed by atoms with van der Waals surface area (Å²) in [6, 6.07) is 6.37. The van der Waals surface area contributed by atoms with E-state index >= 15 is 0 Å². The van der Waals surface area contributed by atoms with Gasteiger partial charge in [-0.15, -0.1) is 0 Å².